The van der Waals surface area contributed by atoms with Gasteiger partial charge in [-0.25, -0.2) is 0 Å². The first-order valence-electron chi connectivity index (χ1n) is 11.6. The second-order valence-electron chi connectivity index (χ2n) is 8.93. The van der Waals surface area contributed by atoms with Crippen molar-refractivity contribution in [1.29, 1.82) is 0 Å². The summed E-state index contributed by atoms with van der Waals surface area (Å²) in [6.45, 7) is 2.19. The number of ketones is 1. The topological polar surface area (TPSA) is 37.3 Å². The number of rotatable bonds is 6. The van der Waals surface area contributed by atoms with Crippen molar-refractivity contribution in [1.82, 2.24) is 0 Å². The zero-order chi connectivity index (χ0) is 22.1. The first-order chi connectivity index (χ1) is 15.6. The number of hydrogen-bond acceptors (Lipinski definition) is 2. The van der Waals surface area contributed by atoms with Gasteiger partial charge in [0.2, 0.25) is 0 Å². The van der Waals surface area contributed by atoms with E-state index in [4.69, 9.17) is 0 Å². The second-order valence-corrected chi connectivity index (χ2v) is 8.93. The van der Waals surface area contributed by atoms with E-state index in [0.29, 0.717) is 28.7 Å². The van der Waals surface area contributed by atoms with Gasteiger partial charge in [-0.05, 0) is 51.9 Å². The van der Waals surface area contributed by atoms with Gasteiger partial charge in [-0.1, -0.05) is 98.6 Å². The summed E-state index contributed by atoms with van der Waals surface area (Å²) in [5.41, 5.74) is 3.63. The SMILES string of the molecule is CCCCCc1ccc2c(c1)C(=O)c1ccccc1C2(O)Cc1ccc2ccccc2c1. The van der Waals surface area contributed by atoms with Crippen LogP contribution in [0, 0.1) is 0 Å². The maximum atomic E-state index is 13.4. The van der Waals surface area contributed by atoms with Gasteiger partial charge in [-0.15, -0.1) is 0 Å². The summed E-state index contributed by atoms with van der Waals surface area (Å²) < 4.78 is 0. The number of fused-ring (bicyclic) bond motifs is 3. The number of carbonyl (C=O) groups excluding carboxylic acids is 1. The van der Waals surface area contributed by atoms with E-state index in [2.05, 4.69) is 43.3 Å². The molecule has 1 aliphatic carbocycles. The molecule has 2 nitrogen and oxygen atoms in total. The van der Waals surface area contributed by atoms with Gasteiger partial charge in [-0.2, -0.15) is 0 Å². The van der Waals surface area contributed by atoms with Crippen molar-refractivity contribution in [3.05, 3.63) is 118 Å². The Bertz CT molecular complexity index is 1300. The molecule has 0 aliphatic heterocycles. The van der Waals surface area contributed by atoms with E-state index in [1.807, 2.05) is 48.5 Å². The molecule has 0 spiro atoms. The number of aryl methyl sites for hydroxylation is 1. The van der Waals surface area contributed by atoms with Gasteiger partial charge < -0.3 is 5.11 Å². The lowest BCUT2D eigenvalue weighted by atomic mass is 9.71. The molecule has 0 aromatic heterocycles. The molecule has 1 unspecified atom stereocenters. The third-order valence-electron chi connectivity index (χ3n) is 6.73. The largest absolute Gasteiger partial charge is 0.380 e. The van der Waals surface area contributed by atoms with Gasteiger partial charge in [0.25, 0.3) is 0 Å². The molecule has 0 radical (unpaired) electrons. The lowest BCUT2D eigenvalue weighted by molar-refractivity contribution is 0.0721. The predicted octanol–water partition coefficient (Wildman–Crippen LogP) is 6.60. The van der Waals surface area contributed by atoms with Gasteiger partial charge >= 0.3 is 0 Å². The summed E-state index contributed by atoms with van der Waals surface area (Å²) in [6, 6.07) is 28.2. The Balaban J connectivity index is 1.60. The van der Waals surface area contributed by atoms with E-state index in [1.54, 1.807) is 0 Å². The Morgan fingerprint density at radius 3 is 2.28 bits per heavy atom. The fourth-order valence-corrected chi connectivity index (χ4v) is 5.04. The van der Waals surface area contributed by atoms with Crippen LogP contribution in [0.5, 0.6) is 0 Å². The summed E-state index contributed by atoms with van der Waals surface area (Å²) in [5.74, 6) is 0.0103. The molecular weight excluding hydrogens is 392 g/mol. The third-order valence-corrected chi connectivity index (χ3v) is 6.73. The molecular formula is C30H28O2. The third kappa shape index (κ3) is 3.55. The molecule has 160 valence electrons. The van der Waals surface area contributed by atoms with Crippen LogP contribution in [-0.4, -0.2) is 10.9 Å². The fourth-order valence-electron chi connectivity index (χ4n) is 5.04. The average Bonchev–Trinajstić information content (AvgIpc) is 2.83. The quantitative estimate of drug-likeness (QED) is 0.357. The molecule has 0 bridgehead atoms. The summed E-state index contributed by atoms with van der Waals surface area (Å²) in [7, 11) is 0. The van der Waals surface area contributed by atoms with E-state index < -0.39 is 5.60 Å². The summed E-state index contributed by atoms with van der Waals surface area (Å²) in [6.07, 6.45) is 4.84. The van der Waals surface area contributed by atoms with Crippen LogP contribution in [0.1, 0.15) is 64.4 Å². The molecule has 1 N–H and O–H groups in total. The van der Waals surface area contributed by atoms with Crippen molar-refractivity contribution in [2.24, 2.45) is 0 Å². The lowest BCUT2D eigenvalue weighted by Gasteiger charge is -2.36. The van der Waals surface area contributed by atoms with Crippen LogP contribution in [-0.2, 0) is 18.4 Å². The van der Waals surface area contributed by atoms with Crippen molar-refractivity contribution in [3.8, 4) is 0 Å². The molecule has 32 heavy (non-hydrogen) atoms. The molecule has 0 heterocycles. The van der Waals surface area contributed by atoms with E-state index in [1.165, 1.54) is 18.2 Å². The Morgan fingerprint density at radius 2 is 1.44 bits per heavy atom. The van der Waals surface area contributed by atoms with Crippen molar-refractivity contribution in [3.63, 3.8) is 0 Å². The molecule has 0 fully saturated rings. The Hall–Kier alpha value is -3.23. The maximum Gasteiger partial charge on any atom is 0.193 e. The van der Waals surface area contributed by atoms with Crippen molar-refractivity contribution < 1.29 is 9.90 Å². The summed E-state index contributed by atoms with van der Waals surface area (Å²) >= 11 is 0. The minimum absolute atomic E-state index is 0.0103. The standard InChI is InChI=1S/C30H28O2/c1-2-3-4-9-21-15-17-28-26(19-21)29(31)25-12-7-8-13-27(25)30(28,32)20-22-14-16-23-10-5-6-11-24(23)18-22/h5-8,10-19,32H,2-4,9,20H2,1H3. The smallest absolute Gasteiger partial charge is 0.193 e. The molecule has 1 aliphatic rings. The molecule has 4 aromatic rings. The highest BCUT2D eigenvalue weighted by atomic mass is 16.3. The molecule has 0 saturated heterocycles. The highest BCUT2D eigenvalue weighted by Crippen LogP contribution is 2.42. The van der Waals surface area contributed by atoms with Crippen molar-refractivity contribution in [2.75, 3.05) is 0 Å². The van der Waals surface area contributed by atoms with Gasteiger partial charge in [0.05, 0.1) is 0 Å². The fraction of sp³-hybridized carbons (Fsp3) is 0.233. The van der Waals surface area contributed by atoms with Gasteiger partial charge in [-0.3, -0.25) is 4.79 Å². The van der Waals surface area contributed by atoms with Crippen LogP contribution >= 0.6 is 0 Å². The van der Waals surface area contributed by atoms with Crippen molar-refractivity contribution >= 4 is 16.6 Å². The molecule has 4 aromatic carbocycles. The van der Waals surface area contributed by atoms with E-state index in [0.717, 1.165) is 29.4 Å². The first kappa shape index (κ1) is 20.7. The zero-order valence-corrected chi connectivity index (χ0v) is 18.5. The van der Waals surface area contributed by atoms with E-state index in [9.17, 15) is 9.90 Å². The number of benzene rings is 4. The highest BCUT2D eigenvalue weighted by molar-refractivity contribution is 6.13. The van der Waals surface area contributed by atoms with E-state index in [-0.39, 0.29) is 5.78 Å². The van der Waals surface area contributed by atoms with Crippen LogP contribution in [0.2, 0.25) is 0 Å². The Kier molecular flexibility index (Phi) is 5.40. The Morgan fingerprint density at radius 1 is 0.719 bits per heavy atom. The van der Waals surface area contributed by atoms with Crippen LogP contribution < -0.4 is 0 Å². The highest BCUT2D eigenvalue weighted by Gasteiger charge is 2.42. The monoisotopic (exact) mass is 420 g/mol. The van der Waals surface area contributed by atoms with Gasteiger partial charge in [0.15, 0.2) is 5.78 Å². The molecule has 5 rings (SSSR count). The minimum Gasteiger partial charge on any atom is -0.380 e. The van der Waals surface area contributed by atoms with Gasteiger partial charge in [0.1, 0.15) is 5.60 Å². The molecule has 2 heteroatoms. The summed E-state index contributed by atoms with van der Waals surface area (Å²) in [5, 5.41) is 14.5. The number of unbranched alkanes of at least 4 members (excludes halogenated alkanes) is 2. The first-order valence-corrected chi connectivity index (χ1v) is 11.6. The van der Waals surface area contributed by atoms with Crippen LogP contribution in [0.3, 0.4) is 0 Å². The normalized spacial score (nSPS) is 17.2. The number of carbonyl (C=O) groups is 1. The molecule has 0 amide bonds. The minimum atomic E-state index is -1.25. The maximum absolute atomic E-state index is 13.4. The predicted molar refractivity (Wildman–Crippen MR) is 130 cm³/mol. The number of hydrogen-bond donors (Lipinski definition) is 1. The molecule has 0 saturated carbocycles. The van der Waals surface area contributed by atoms with E-state index >= 15 is 0 Å². The summed E-state index contributed by atoms with van der Waals surface area (Å²) in [4.78, 5) is 13.4. The Labute approximate surface area is 189 Å². The van der Waals surface area contributed by atoms with Crippen molar-refractivity contribution in [2.45, 2.75) is 44.6 Å². The van der Waals surface area contributed by atoms with Crippen LogP contribution in [0.25, 0.3) is 10.8 Å². The second kappa shape index (κ2) is 8.37. The number of aliphatic hydroxyl groups is 1. The van der Waals surface area contributed by atoms with Crippen LogP contribution in [0.4, 0.5) is 0 Å². The van der Waals surface area contributed by atoms with Crippen LogP contribution in [0.15, 0.2) is 84.9 Å². The van der Waals surface area contributed by atoms with Gasteiger partial charge in [0, 0.05) is 17.5 Å². The molecule has 1 atom stereocenters. The lowest BCUT2D eigenvalue weighted by Crippen LogP contribution is -2.37. The average molecular weight is 421 g/mol. The zero-order valence-electron chi connectivity index (χ0n) is 18.5.